The molecule has 174 valence electrons. The second-order valence-electron chi connectivity index (χ2n) is 9.41. The van der Waals surface area contributed by atoms with Gasteiger partial charge in [0.1, 0.15) is 6.61 Å². The number of hydrogen-bond acceptors (Lipinski definition) is 5. The van der Waals surface area contributed by atoms with E-state index in [0.717, 1.165) is 44.5 Å². The Hall–Kier alpha value is -2.01. The number of carbonyl (C=O) groups excluding carboxylic acids is 2. The summed E-state index contributed by atoms with van der Waals surface area (Å²) in [4.78, 5) is 32.4. The summed E-state index contributed by atoms with van der Waals surface area (Å²) in [6.45, 7) is 2.69. The van der Waals surface area contributed by atoms with Crippen molar-refractivity contribution in [3.05, 3.63) is 24.0 Å². The number of amides is 3. The van der Waals surface area contributed by atoms with Gasteiger partial charge in [-0.1, -0.05) is 0 Å². The monoisotopic (exact) mass is 470 g/mol. The lowest BCUT2D eigenvalue weighted by Gasteiger charge is -2.60. The topological polar surface area (TPSA) is 74.8 Å². The lowest BCUT2D eigenvalue weighted by Crippen LogP contribution is -2.68. The van der Waals surface area contributed by atoms with Crippen LogP contribution in [0, 0.1) is 11.3 Å². The zero-order chi connectivity index (χ0) is 22.5. The SMILES string of the molecule is O=C1CO[C@H]2CCN(C(=O)N3CC4(CC(Cc5ccc(SC(F)(F)F)cn5)C4)C3)C[C@H]2N1. The van der Waals surface area contributed by atoms with E-state index in [1.54, 1.807) is 6.07 Å². The normalized spacial score (nSPS) is 27.4. The van der Waals surface area contributed by atoms with Gasteiger partial charge in [0.25, 0.3) is 0 Å². The van der Waals surface area contributed by atoms with E-state index in [1.165, 1.54) is 12.3 Å². The minimum atomic E-state index is -4.30. The van der Waals surface area contributed by atoms with Crippen LogP contribution in [-0.4, -0.2) is 77.2 Å². The Bertz CT molecular complexity index is 883. The highest BCUT2D eigenvalue weighted by Crippen LogP contribution is 2.53. The van der Waals surface area contributed by atoms with E-state index in [9.17, 15) is 22.8 Å². The maximum absolute atomic E-state index is 12.9. The van der Waals surface area contributed by atoms with Gasteiger partial charge in [-0.15, -0.1) is 0 Å². The van der Waals surface area contributed by atoms with Crippen LogP contribution >= 0.6 is 11.8 Å². The third-order valence-corrected chi connectivity index (χ3v) is 7.60. The minimum Gasteiger partial charge on any atom is -0.366 e. The molecular weight excluding hydrogens is 445 g/mol. The molecule has 1 saturated carbocycles. The molecule has 4 heterocycles. The largest absolute Gasteiger partial charge is 0.446 e. The fraction of sp³-hybridized carbons (Fsp3) is 0.667. The fourth-order valence-electron chi connectivity index (χ4n) is 5.56. The number of nitrogens with one attached hydrogen (secondary N) is 1. The van der Waals surface area contributed by atoms with Gasteiger partial charge >= 0.3 is 11.5 Å². The standard InChI is InChI=1S/C21H25F3N4O3S/c22-21(23,24)32-15-2-1-14(25-8-15)5-13-6-20(7-13)11-28(12-20)19(30)27-4-3-17-16(9-27)26-18(29)10-31-17/h1-2,8,13,16-17H,3-7,9-12H2,(H,26,29)/t16-,17+/m1/s1. The molecule has 3 aliphatic heterocycles. The van der Waals surface area contributed by atoms with Crippen molar-refractivity contribution in [1.29, 1.82) is 0 Å². The average Bonchev–Trinajstić information content (AvgIpc) is 2.68. The van der Waals surface area contributed by atoms with Crippen molar-refractivity contribution < 1.29 is 27.5 Å². The second kappa shape index (κ2) is 8.09. The molecule has 4 aliphatic rings. The smallest absolute Gasteiger partial charge is 0.366 e. The van der Waals surface area contributed by atoms with Gasteiger partial charge in [-0.3, -0.25) is 9.78 Å². The van der Waals surface area contributed by atoms with Crippen LogP contribution in [0.4, 0.5) is 18.0 Å². The van der Waals surface area contributed by atoms with Crippen molar-refractivity contribution in [3.8, 4) is 0 Å². The first-order valence-corrected chi connectivity index (χ1v) is 11.7. The Kier molecular flexibility index (Phi) is 5.51. The van der Waals surface area contributed by atoms with Crippen LogP contribution in [0.1, 0.15) is 25.0 Å². The molecule has 32 heavy (non-hydrogen) atoms. The van der Waals surface area contributed by atoms with Crippen molar-refractivity contribution >= 4 is 23.7 Å². The highest BCUT2D eigenvalue weighted by Gasteiger charge is 2.54. The Morgan fingerprint density at radius 3 is 2.75 bits per heavy atom. The number of hydrogen-bond donors (Lipinski definition) is 1. The van der Waals surface area contributed by atoms with Crippen LogP contribution in [0.5, 0.6) is 0 Å². The molecule has 1 spiro atoms. The summed E-state index contributed by atoms with van der Waals surface area (Å²) in [6.07, 6.45) is 4.76. The highest BCUT2D eigenvalue weighted by molar-refractivity contribution is 8.00. The lowest BCUT2D eigenvalue weighted by molar-refractivity contribution is -0.140. The van der Waals surface area contributed by atoms with Crippen LogP contribution in [0.3, 0.4) is 0 Å². The third-order valence-electron chi connectivity index (χ3n) is 6.89. The summed E-state index contributed by atoms with van der Waals surface area (Å²) in [5.74, 6) is 0.318. The molecule has 7 nitrogen and oxygen atoms in total. The maximum atomic E-state index is 12.9. The summed E-state index contributed by atoms with van der Waals surface area (Å²) >= 11 is -0.150. The summed E-state index contributed by atoms with van der Waals surface area (Å²) in [6, 6.07) is 3.04. The number of thioether (sulfide) groups is 1. The number of halogens is 3. The van der Waals surface area contributed by atoms with E-state index in [2.05, 4.69) is 10.3 Å². The van der Waals surface area contributed by atoms with E-state index in [-0.39, 0.29) is 52.8 Å². The zero-order valence-electron chi connectivity index (χ0n) is 17.4. The Morgan fingerprint density at radius 1 is 1.28 bits per heavy atom. The second-order valence-corrected chi connectivity index (χ2v) is 10.5. The fourth-order valence-corrected chi connectivity index (χ4v) is 6.07. The Balaban J connectivity index is 1.06. The molecule has 0 bridgehead atoms. The first-order valence-electron chi connectivity index (χ1n) is 10.8. The van der Waals surface area contributed by atoms with Crippen LogP contribution in [-0.2, 0) is 16.0 Å². The summed E-state index contributed by atoms with van der Waals surface area (Å²) in [5.41, 5.74) is -3.32. The van der Waals surface area contributed by atoms with Gasteiger partial charge in [0.05, 0.1) is 12.1 Å². The summed E-state index contributed by atoms with van der Waals surface area (Å²) < 4.78 is 42.8. The first kappa shape index (κ1) is 21.8. The molecule has 2 atom stereocenters. The van der Waals surface area contributed by atoms with E-state index < -0.39 is 5.51 Å². The van der Waals surface area contributed by atoms with Crippen molar-refractivity contribution in [2.45, 2.75) is 48.2 Å². The Labute approximate surface area is 188 Å². The number of nitrogens with zero attached hydrogens (tertiary/aromatic N) is 3. The number of aromatic nitrogens is 1. The van der Waals surface area contributed by atoms with Gasteiger partial charge in [-0.05, 0) is 55.5 Å². The molecule has 1 N–H and O–H groups in total. The molecule has 3 amide bonds. The summed E-state index contributed by atoms with van der Waals surface area (Å²) in [5, 5.41) is 2.92. The van der Waals surface area contributed by atoms with Gasteiger partial charge in [-0.25, -0.2) is 4.79 Å². The summed E-state index contributed by atoms with van der Waals surface area (Å²) in [7, 11) is 0. The van der Waals surface area contributed by atoms with Crippen LogP contribution in [0.2, 0.25) is 0 Å². The molecule has 1 aromatic rings. The number of ether oxygens (including phenoxy) is 1. The number of piperidine rings is 1. The molecule has 1 aromatic heterocycles. The maximum Gasteiger partial charge on any atom is 0.446 e. The Morgan fingerprint density at radius 2 is 2.06 bits per heavy atom. The van der Waals surface area contributed by atoms with Crippen LogP contribution in [0.15, 0.2) is 23.2 Å². The molecule has 0 unspecified atom stereocenters. The first-order chi connectivity index (χ1) is 15.2. The van der Waals surface area contributed by atoms with E-state index in [1.807, 2.05) is 9.80 Å². The van der Waals surface area contributed by atoms with Crippen LogP contribution in [0.25, 0.3) is 0 Å². The van der Waals surface area contributed by atoms with Crippen molar-refractivity contribution in [2.24, 2.45) is 11.3 Å². The number of carbonyl (C=O) groups is 2. The van der Waals surface area contributed by atoms with E-state index >= 15 is 0 Å². The number of urea groups is 1. The quantitative estimate of drug-likeness (QED) is 0.688. The number of fused-ring (bicyclic) bond motifs is 1. The molecule has 3 saturated heterocycles. The number of alkyl halides is 3. The van der Waals surface area contributed by atoms with E-state index in [0.29, 0.717) is 19.0 Å². The molecule has 5 rings (SSSR count). The van der Waals surface area contributed by atoms with Crippen LogP contribution < -0.4 is 5.32 Å². The lowest BCUT2D eigenvalue weighted by atomic mass is 9.57. The predicted octanol–water partition coefficient (Wildman–Crippen LogP) is 2.66. The number of pyridine rings is 1. The number of likely N-dealkylation sites (tertiary alicyclic amines) is 2. The van der Waals surface area contributed by atoms with Gasteiger partial charge < -0.3 is 19.9 Å². The van der Waals surface area contributed by atoms with Crippen molar-refractivity contribution in [3.63, 3.8) is 0 Å². The van der Waals surface area contributed by atoms with Gasteiger partial charge in [0.15, 0.2) is 0 Å². The number of rotatable bonds is 3. The van der Waals surface area contributed by atoms with Gasteiger partial charge in [0, 0.05) is 48.4 Å². The molecule has 0 radical (unpaired) electrons. The van der Waals surface area contributed by atoms with Gasteiger partial charge in [-0.2, -0.15) is 13.2 Å². The average molecular weight is 471 g/mol. The molecule has 1 aliphatic carbocycles. The molecule has 4 fully saturated rings. The highest BCUT2D eigenvalue weighted by atomic mass is 32.2. The molecule has 0 aromatic carbocycles. The minimum absolute atomic E-state index is 0.0124. The zero-order valence-corrected chi connectivity index (χ0v) is 18.3. The van der Waals surface area contributed by atoms with Crippen molar-refractivity contribution in [1.82, 2.24) is 20.1 Å². The van der Waals surface area contributed by atoms with Gasteiger partial charge in [0.2, 0.25) is 5.91 Å². The van der Waals surface area contributed by atoms with E-state index in [4.69, 9.17) is 4.74 Å². The number of morpholine rings is 1. The predicted molar refractivity (Wildman–Crippen MR) is 110 cm³/mol. The molecular formula is C21H25F3N4O3S. The molecule has 11 heteroatoms. The third kappa shape index (κ3) is 4.54. The van der Waals surface area contributed by atoms with Crippen molar-refractivity contribution in [2.75, 3.05) is 32.8 Å².